The molecule has 74 valence electrons. The standard InChI is InChI=1S/C10H13F.C2H6/c1-4-9-7(2)5-6-8(3)10(9)11;1-2/h5-6H,4H2,1-3H3;1-2H3. The topological polar surface area (TPSA) is 0 Å². The van der Waals surface area contributed by atoms with E-state index in [1.807, 2.05) is 39.8 Å². The van der Waals surface area contributed by atoms with Crippen molar-refractivity contribution in [2.24, 2.45) is 0 Å². The summed E-state index contributed by atoms with van der Waals surface area (Å²) in [5, 5.41) is 0. The van der Waals surface area contributed by atoms with Crippen LogP contribution in [0.2, 0.25) is 0 Å². The number of hydrogen-bond acceptors (Lipinski definition) is 0. The number of aryl methyl sites for hydroxylation is 2. The van der Waals surface area contributed by atoms with Gasteiger partial charge in [-0.2, -0.15) is 0 Å². The molecule has 0 aromatic heterocycles. The first-order valence-electron chi connectivity index (χ1n) is 4.91. The van der Waals surface area contributed by atoms with E-state index in [2.05, 4.69) is 0 Å². The van der Waals surface area contributed by atoms with Gasteiger partial charge in [0.05, 0.1) is 0 Å². The maximum Gasteiger partial charge on any atom is 0.129 e. The third-order valence-electron chi connectivity index (χ3n) is 2.02. The van der Waals surface area contributed by atoms with Gasteiger partial charge in [0.1, 0.15) is 5.82 Å². The highest BCUT2D eigenvalue weighted by atomic mass is 19.1. The van der Waals surface area contributed by atoms with E-state index in [-0.39, 0.29) is 5.82 Å². The Hall–Kier alpha value is -0.850. The summed E-state index contributed by atoms with van der Waals surface area (Å²) in [4.78, 5) is 0. The van der Waals surface area contributed by atoms with E-state index < -0.39 is 0 Å². The maximum absolute atomic E-state index is 13.3. The van der Waals surface area contributed by atoms with Crippen molar-refractivity contribution >= 4 is 0 Å². The first kappa shape index (κ1) is 12.2. The van der Waals surface area contributed by atoms with Crippen molar-refractivity contribution in [2.45, 2.75) is 41.0 Å². The molecule has 0 heterocycles. The van der Waals surface area contributed by atoms with E-state index in [0.717, 1.165) is 23.1 Å². The Morgan fingerprint density at radius 2 is 1.54 bits per heavy atom. The quantitative estimate of drug-likeness (QED) is 0.615. The molecule has 0 spiro atoms. The molecule has 1 rings (SSSR count). The van der Waals surface area contributed by atoms with Crippen molar-refractivity contribution in [3.05, 3.63) is 34.6 Å². The first-order valence-corrected chi connectivity index (χ1v) is 4.91. The third-order valence-corrected chi connectivity index (χ3v) is 2.02. The molecule has 0 nitrogen and oxygen atoms in total. The SMILES string of the molecule is CC.CCc1c(C)ccc(C)c1F. The van der Waals surface area contributed by atoms with Gasteiger partial charge in [-0.05, 0) is 37.0 Å². The zero-order valence-corrected chi connectivity index (χ0v) is 9.24. The van der Waals surface area contributed by atoms with Crippen LogP contribution >= 0.6 is 0 Å². The van der Waals surface area contributed by atoms with E-state index in [9.17, 15) is 4.39 Å². The van der Waals surface area contributed by atoms with Crippen molar-refractivity contribution in [3.63, 3.8) is 0 Å². The van der Waals surface area contributed by atoms with Crippen LogP contribution in [0.4, 0.5) is 4.39 Å². The van der Waals surface area contributed by atoms with Crippen LogP contribution in [0.5, 0.6) is 0 Å². The summed E-state index contributed by atoms with van der Waals surface area (Å²) in [6, 6.07) is 3.79. The highest BCUT2D eigenvalue weighted by Crippen LogP contribution is 2.16. The molecule has 1 aromatic rings. The van der Waals surface area contributed by atoms with Crippen LogP contribution in [-0.4, -0.2) is 0 Å². The Kier molecular flexibility index (Phi) is 5.36. The number of halogens is 1. The van der Waals surface area contributed by atoms with Crippen LogP contribution in [0.1, 0.15) is 37.5 Å². The van der Waals surface area contributed by atoms with E-state index in [1.54, 1.807) is 6.92 Å². The predicted molar refractivity (Wildman–Crippen MR) is 56.6 cm³/mol. The molecule has 0 aliphatic carbocycles. The summed E-state index contributed by atoms with van der Waals surface area (Å²) >= 11 is 0. The number of rotatable bonds is 1. The van der Waals surface area contributed by atoms with Gasteiger partial charge < -0.3 is 0 Å². The second-order valence-corrected chi connectivity index (χ2v) is 2.85. The minimum atomic E-state index is -0.0347. The highest BCUT2D eigenvalue weighted by Gasteiger charge is 2.05. The largest absolute Gasteiger partial charge is 0.206 e. The van der Waals surface area contributed by atoms with Crippen LogP contribution in [0.25, 0.3) is 0 Å². The summed E-state index contributed by atoms with van der Waals surface area (Å²) in [7, 11) is 0. The summed E-state index contributed by atoms with van der Waals surface area (Å²) < 4.78 is 13.3. The Bertz CT molecular complexity index is 264. The van der Waals surface area contributed by atoms with Crippen molar-refractivity contribution in [2.75, 3.05) is 0 Å². The number of benzene rings is 1. The van der Waals surface area contributed by atoms with Crippen LogP contribution < -0.4 is 0 Å². The minimum absolute atomic E-state index is 0.0347. The van der Waals surface area contributed by atoms with Crippen LogP contribution in [0, 0.1) is 19.7 Å². The van der Waals surface area contributed by atoms with Gasteiger partial charge in [0, 0.05) is 0 Å². The second-order valence-electron chi connectivity index (χ2n) is 2.85. The number of hydrogen-bond donors (Lipinski definition) is 0. The van der Waals surface area contributed by atoms with Gasteiger partial charge in [0.15, 0.2) is 0 Å². The van der Waals surface area contributed by atoms with Crippen molar-refractivity contribution in [3.8, 4) is 0 Å². The van der Waals surface area contributed by atoms with Gasteiger partial charge in [-0.1, -0.05) is 32.9 Å². The molecule has 1 aromatic carbocycles. The van der Waals surface area contributed by atoms with E-state index in [4.69, 9.17) is 0 Å². The molecule has 0 radical (unpaired) electrons. The first-order chi connectivity index (χ1) is 6.16. The van der Waals surface area contributed by atoms with Gasteiger partial charge in [-0.3, -0.25) is 0 Å². The lowest BCUT2D eigenvalue weighted by atomic mass is 10.0. The van der Waals surface area contributed by atoms with Gasteiger partial charge in [-0.25, -0.2) is 4.39 Å². The summed E-state index contributed by atoms with van der Waals surface area (Å²) in [5.41, 5.74) is 2.65. The normalized spacial score (nSPS) is 9.08. The predicted octanol–water partition coefficient (Wildman–Crippen LogP) is 4.03. The summed E-state index contributed by atoms with van der Waals surface area (Å²) in [6.45, 7) is 9.72. The minimum Gasteiger partial charge on any atom is -0.206 e. The Labute approximate surface area is 80.8 Å². The molecule has 0 aliphatic rings. The average Bonchev–Trinajstić information content (AvgIpc) is 2.16. The fourth-order valence-electron chi connectivity index (χ4n) is 1.27. The fraction of sp³-hybridized carbons (Fsp3) is 0.500. The monoisotopic (exact) mass is 182 g/mol. The Morgan fingerprint density at radius 1 is 1.08 bits per heavy atom. The Balaban J connectivity index is 0.000000671. The summed E-state index contributed by atoms with van der Waals surface area (Å²) in [6.07, 6.45) is 0.777. The zero-order valence-electron chi connectivity index (χ0n) is 9.24. The van der Waals surface area contributed by atoms with Gasteiger partial charge >= 0.3 is 0 Å². The molecule has 0 amide bonds. The van der Waals surface area contributed by atoms with E-state index in [0.29, 0.717) is 0 Å². The second kappa shape index (κ2) is 5.74. The van der Waals surface area contributed by atoms with Crippen molar-refractivity contribution < 1.29 is 4.39 Å². The summed E-state index contributed by atoms with van der Waals surface area (Å²) in [5.74, 6) is -0.0347. The van der Waals surface area contributed by atoms with Crippen molar-refractivity contribution in [1.29, 1.82) is 0 Å². The molecular weight excluding hydrogens is 163 g/mol. The molecule has 0 unspecified atom stereocenters. The Morgan fingerprint density at radius 3 is 1.92 bits per heavy atom. The molecule has 0 aliphatic heterocycles. The van der Waals surface area contributed by atoms with Crippen LogP contribution in [0.3, 0.4) is 0 Å². The molecule has 0 saturated heterocycles. The van der Waals surface area contributed by atoms with E-state index >= 15 is 0 Å². The van der Waals surface area contributed by atoms with Gasteiger partial charge in [0.2, 0.25) is 0 Å². The molecule has 0 saturated carbocycles. The van der Waals surface area contributed by atoms with Crippen LogP contribution in [0.15, 0.2) is 12.1 Å². The zero-order chi connectivity index (χ0) is 10.4. The fourth-order valence-corrected chi connectivity index (χ4v) is 1.27. The van der Waals surface area contributed by atoms with Crippen LogP contribution in [-0.2, 0) is 6.42 Å². The molecule has 0 N–H and O–H groups in total. The lowest BCUT2D eigenvalue weighted by Crippen LogP contribution is -1.94. The third kappa shape index (κ3) is 2.83. The lowest BCUT2D eigenvalue weighted by Gasteiger charge is -2.05. The smallest absolute Gasteiger partial charge is 0.129 e. The van der Waals surface area contributed by atoms with Gasteiger partial charge in [0.25, 0.3) is 0 Å². The highest BCUT2D eigenvalue weighted by molar-refractivity contribution is 5.32. The van der Waals surface area contributed by atoms with E-state index in [1.165, 1.54) is 0 Å². The molecule has 0 atom stereocenters. The molecule has 0 bridgehead atoms. The lowest BCUT2D eigenvalue weighted by molar-refractivity contribution is 0.601. The maximum atomic E-state index is 13.3. The van der Waals surface area contributed by atoms with Gasteiger partial charge in [-0.15, -0.1) is 0 Å². The van der Waals surface area contributed by atoms with Crippen molar-refractivity contribution in [1.82, 2.24) is 0 Å². The average molecular weight is 182 g/mol. The molecule has 1 heteroatoms. The molecule has 0 fully saturated rings. The molecular formula is C12H19F. The molecule has 13 heavy (non-hydrogen) atoms.